The predicted octanol–water partition coefficient (Wildman–Crippen LogP) is 10.1. The van der Waals surface area contributed by atoms with E-state index >= 15 is 0 Å². The van der Waals surface area contributed by atoms with Gasteiger partial charge in [0.2, 0.25) is 0 Å². The topological polar surface area (TPSA) is 20.2 Å². The second-order valence-electron chi connectivity index (χ2n) is 9.80. The molecule has 0 spiro atoms. The zero-order valence-electron chi connectivity index (χ0n) is 21.7. The van der Waals surface area contributed by atoms with E-state index in [1.54, 1.807) is 0 Å². The van der Waals surface area contributed by atoms with Crippen LogP contribution in [-0.2, 0) is 0 Å². The first-order chi connectivity index (χ1) is 15.3. The van der Waals surface area contributed by atoms with Gasteiger partial charge in [-0.1, -0.05) is 155 Å². The van der Waals surface area contributed by atoms with Crippen molar-refractivity contribution in [2.75, 3.05) is 0 Å². The Balaban J connectivity index is 3.20. The zero-order chi connectivity index (χ0) is 22.7. The molecular formula is C30H58O. The summed E-state index contributed by atoms with van der Waals surface area (Å²) in [6.07, 6.45) is 33.1. The summed E-state index contributed by atoms with van der Waals surface area (Å²) in [6.45, 7) is 4.55. The van der Waals surface area contributed by atoms with Crippen LogP contribution in [0.4, 0.5) is 0 Å². The van der Waals surface area contributed by atoms with Crippen molar-refractivity contribution in [1.29, 1.82) is 0 Å². The maximum Gasteiger partial charge on any atom is 0.114 e. The Labute approximate surface area is 197 Å². The number of aliphatic hydroxyl groups is 1. The summed E-state index contributed by atoms with van der Waals surface area (Å²) in [6, 6.07) is 0. The van der Waals surface area contributed by atoms with Gasteiger partial charge in [0.05, 0.1) is 0 Å². The lowest BCUT2D eigenvalue weighted by atomic mass is 10.0. The van der Waals surface area contributed by atoms with Crippen molar-refractivity contribution >= 4 is 0 Å². The zero-order valence-corrected chi connectivity index (χ0v) is 21.7. The summed E-state index contributed by atoms with van der Waals surface area (Å²) in [5.41, 5.74) is 0. The van der Waals surface area contributed by atoms with E-state index in [1.165, 1.54) is 141 Å². The molecule has 0 unspecified atom stereocenters. The highest BCUT2D eigenvalue weighted by Gasteiger charge is 1.99. The first-order valence-electron chi connectivity index (χ1n) is 14.5. The van der Waals surface area contributed by atoms with Gasteiger partial charge >= 0.3 is 0 Å². The highest BCUT2D eigenvalue weighted by atomic mass is 16.3. The van der Waals surface area contributed by atoms with Crippen LogP contribution in [0.15, 0.2) is 0 Å². The minimum Gasteiger partial charge on any atom is -0.380 e. The summed E-state index contributed by atoms with van der Waals surface area (Å²) in [7, 11) is 0. The molecule has 0 saturated carbocycles. The van der Waals surface area contributed by atoms with E-state index in [9.17, 15) is 5.11 Å². The molecule has 0 radical (unpaired) electrons. The fraction of sp³-hybridized carbons (Fsp3) is 0.933. The van der Waals surface area contributed by atoms with Gasteiger partial charge in [-0.15, -0.1) is 5.92 Å². The first kappa shape index (κ1) is 30.5. The van der Waals surface area contributed by atoms with Crippen molar-refractivity contribution in [2.24, 2.45) is 0 Å². The molecule has 0 aliphatic carbocycles. The van der Waals surface area contributed by atoms with Gasteiger partial charge in [0.25, 0.3) is 0 Å². The molecule has 1 N–H and O–H groups in total. The average Bonchev–Trinajstić information content (AvgIpc) is 2.77. The fourth-order valence-electron chi connectivity index (χ4n) is 4.32. The molecule has 0 saturated heterocycles. The predicted molar refractivity (Wildman–Crippen MR) is 141 cm³/mol. The third kappa shape index (κ3) is 27.5. The van der Waals surface area contributed by atoms with Crippen molar-refractivity contribution in [2.45, 2.75) is 180 Å². The molecule has 184 valence electrons. The van der Waals surface area contributed by atoms with Crippen molar-refractivity contribution < 1.29 is 5.11 Å². The highest BCUT2D eigenvalue weighted by Crippen LogP contribution is 2.14. The van der Waals surface area contributed by atoms with Gasteiger partial charge in [-0.05, 0) is 19.3 Å². The minimum atomic E-state index is -0.392. The number of rotatable bonds is 24. The maximum atomic E-state index is 9.97. The summed E-state index contributed by atoms with van der Waals surface area (Å²) >= 11 is 0. The monoisotopic (exact) mass is 434 g/mol. The van der Waals surface area contributed by atoms with E-state index in [4.69, 9.17) is 0 Å². The Morgan fingerprint density at radius 1 is 0.452 bits per heavy atom. The van der Waals surface area contributed by atoms with Crippen LogP contribution in [-0.4, -0.2) is 11.2 Å². The molecule has 31 heavy (non-hydrogen) atoms. The largest absolute Gasteiger partial charge is 0.380 e. The van der Waals surface area contributed by atoms with Gasteiger partial charge in [0, 0.05) is 6.42 Å². The second-order valence-corrected chi connectivity index (χ2v) is 9.80. The van der Waals surface area contributed by atoms with E-state index in [0.717, 1.165) is 19.3 Å². The molecule has 0 fully saturated rings. The number of hydrogen-bond donors (Lipinski definition) is 1. The van der Waals surface area contributed by atoms with Crippen LogP contribution in [0.2, 0.25) is 0 Å². The smallest absolute Gasteiger partial charge is 0.114 e. The summed E-state index contributed by atoms with van der Waals surface area (Å²) in [4.78, 5) is 0. The van der Waals surface area contributed by atoms with E-state index < -0.39 is 6.10 Å². The van der Waals surface area contributed by atoms with Crippen LogP contribution in [0, 0.1) is 11.8 Å². The molecule has 0 aliphatic rings. The van der Waals surface area contributed by atoms with Crippen molar-refractivity contribution in [3.63, 3.8) is 0 Å². The Morgan fingerprint density at radius 3 is 1.16 bits per heavy atom. The van der Waals surface area contributed by atoms with Crippen LogP contribution in [0.1, 0.15) is 174 Å². The van der Waals surface area contributed by atoms with E-state index in [0.29, 0.717) is 0 Å². The molecule has 0 heterocycles. The van der Waals surface area contributed by atoms with E-state index in [1.807, 2.05) is 0 Å². The standard InChI is InChI=1S/C30H58O/c1-3-5-7-9-11-13-14-15-16-17-18-19-20-21-23-25-27-29-30(31)28-26-24-22-12-10-8-6-4-2/h30-31H,3-25,27,29H2,1-2H3/t30-/m1/s1. The van der Waals surface area contributed by atoms with Gasteiger partial charge in [0.1, 0.15) is 6.10 Å². The second kappa shape index (κ2) is 27.6. The van der Waals surface area contributed by atoms with Gasteiger partial charge in [-0.2, -0.15) is 0 Å². The van der Waals surface area contributed by atoms with Gasteiger partial charge < -0.3 is 5.11 Å². The van der Waals surface area contributed by atoms with Gasteiger partial charge in [0.15, 0.2) is 0 Å². The van der Waals surface area contributed by atoms with Crippen molar-refractivity contribution in [3.8, 4) is 11.8 Å². The van der Waals surface area contributed by atoms with Crippen LogP contribution in [0.3, 0.4) is 0 Å². The quantitative estimate of drug-likeness (QED) is 0.118. The molecule has 1 atom stereocenters. The third-order valence-corrected chi connectivity index (χ3v) is 6.51. The van der Waals surface area contributed by atoms with Crippen LogP contribution in [0.5, 0.6) is 0 Å². The number of aliphatic hydroxyl groups excluding tert-OH is 1. The van der Waals surface area contributed by atoms with Crippen molar-refractivity contribution in [1.82, 2.24) is 0 Å². The van der Waals surface area contributed by atoms with Crippen LogP contribution in [0.25, 0.3) is 0 Å². The van der Waals surface area contributed by atoms with Crippen LogP contribution < -0.4 is 0 Å². The molecule has 0 aromatic carbocycles. The molecule has 0 aromatic heterocycles. The Hall–Kier alpha value is -0.480. The maximum absolute atomic E-state index is 9.97. The molecular weight excluding hydrogens is 376 g/mol. The Kier molecular flexibility index (Phi) is 27.1. The van der Waals surface area contributed by atoms with Crippen LogP contribution >= 0.6 is 0 Å². The highest BCUT2D eigenvalue weighted by molar-refractivity contribution is 5.04. The molecule has 0 bridgehead atoms. The molecule has 0 rings (SSSR count). The molecule has 0 aromatic rings. The average molecular weight is 435 g/mol. The lowest BCUT2D eigenvalue weighted by molar-refractivity contribution is 0.217. The summed E-state index contributed by atoms with van der Waals surface area (Å²) in [5.74, 6) is 6.23. The Morgan fingerprint density at radius 2 is 0.774 bits per heavy atom. The first-order valence-corrected chi connectivity index (χ1v) is 14.5. The summed E-state index contributed by atoms with van der Waals surface area (Å²) < 4.78 is 0. The van der Waals surface area contributed by atoms with Gasteiger partial charge in [-0.3, -0.25) is 0 Å². The van der Waals surface area contributed by atoms with Gasteiger partial charge in [-0.25, -0.2) is 0 Å². The Bertz CT molecular complexity index is 378. The molecule has 1 nitrogen and oxygen atoms in total. The SMILES string of the molecule is CCCCCCCCC#C[C@@H](O)CCCCCCCCCCCCCCCCCCC. The third-order valence-electron chi connectivity index (χ3n) is 6.51. The normalized spacial score (nSPS) is 12.0. The van der Waals surface area contributed by atoms with E-state index in [-0.39, 0.29) is 0 Å². The van der Waals surface area contributed by atoms with Crippen molar-refractivity contribution in [3.05, 3.63) is 0 Å². The molecule has 1 heteroatoms. The lowest BCUT2D eigenvalue weighted by Crippen LogP contribution is -2.02. The van der Waals surface area contributed by atoms with E-state index in [2.05, 4.69) is 25.7 Å². The lowest BCUT2D eigenvalue weighted by Gasteiger charge is -2.05. The number of unbranched alkanes of at least 4 members (excludes halogenated alkanes) is 22. The molecule has 0 aliphatic heterocycles. The fourth-order valence-corrected chi connectivity index (χ4v) is 4.32. The number of hydrogen-bond acceptors (Lipinski definition) is 1. The summed E-state index contributed by atoms with van der Waals surface area (Å²) in [5, 5.41) is 9.97. The molecule has 0 amide bonds. The minimum absolute atomic E-state index is 0.392.